The lowest BCUT2D eigenvalue weighted by atomic mass is 9.93. The molecule has 16 heavy (non-hydrogen) atoms. The average Bonchev–Trinajstić information content (AvgIpc) is 2.38. The molecule has 0 bridgehead atoms. The summed E-state index contributed by atoms with van der Waals surface area (Å²) >= 11 is 0. The zero-order valence-corrected chi connectivity index (χ0v) is 10.1. The number of rotatable bonds is 3. The zero-order chi connectivity index (χ0) is 11.2. The van der Waals surface area contributed by atoms with Crippen molar-refractivity contribution in [3.63, 3.8) is 0 Å². The minimum Gasteiger partial charge on any atom is -0.343 e. The molecule has 0 atom stereocenters. The average molecular weight is 223 g/mol. The number of hydrogen-bond acceptors (Lipinski definition) is 2. The van der Waals surface area contributed by atoms with Crippen LogP contribution in [0, 0.1) is 12.3 Å². The monoisotopic (exact) mass is 223 g/mol. The number of nitrogens with zero attached hydrogens (tertiary/aromatic N) is 1. The van der Waals surface area contributed by atoms with Crippen molar-refractivity contribution in [3.05, 3.63) is 6.42 Å². The first-order chi connectivity index (χ1) is 7.86. The summed E-state index contributed by atoms with van der Waals surface area (Å²) in [5, 5.41) is 3.37. The smallest absolute Gasteiger partial charge is 0.222 e. The first kappa shape index (κ1) is 11.9. The van der Waals surface area contributed by atoms with E-state index in [0.29, 0.717) is 5.91 Å². The molecule has 2 heterocycles. The van der Waals surface area contributed by atoms with Gasteiger partial charge in [0.05, 0.1) is 0 Å². The van der Waals surface area contributed by atoms with E-state index in [9.17, 15) is 4.79 Å². The van der Waals surface area contributed by atoms with E-state index in [1.54, 1.807) is 0 Å². The van der Waals surface area contributed by atoms with E-state index in [2.05, 4.69) is 11.7 Å². The number of piperidine rings is 2. The van der Waals surface area contributed by atoms with Gasteiger partial charge in [0, 0.05) is 19.5 Å². The molecule has 3 heteroatoms. The van der Waals surface area contributed by atoms with Gasteiger partial charge in [0.1, 0.15) is 0 Å². The number of carbonyl (C=O) groups excluding carboxylic acids is 1. The second-order valence-corrected chi connectivity index (χ2v) is 4.98. The van der Waals surface area contributed by atoms with Gasteiger partial charge < -0.3 is 10.2 Å². The third-order valence-corrected chi connectivity index (χ3v) is 3.78. The molecule has 2 fully saturated rings. The third-order valence-electron chi connectivity index (χ3n) is 3.78. The van der Waals surface area contributed by atoms with Crippen molar-refractivity contribution in [2.75, 3.05) is 26.2 Å². The van der Waals surface area contributed by atoms with E-state index in [-0.39, 0.29) is 0 Å². The van der Waals surface area contributed by atoms with Crippen molar-refractivity contribution in [2.24, 2.45) is 5.92 Å². The van der Waals surface area contributed by atoms with Crippen LogP contribution in [0.25, 0.3) is 0 Å². The standard InChI is InChI=1S/C13H23N2O/c16-13(15-10-2-1-3-11-15)5-4-12-6-8-14-9-7-12/h1,12,14H,2-11H2. The molecular formula is C13H23N2O. The highest BCUT2D eigenvalue weighted by Gasteiger charge is 2.19. The molecule has 3 nitrogen and oxygen atoms in total. The Morgan fingerprint density at radius 3 is 2.62 bits per heavy atom. The first-order valence-corrected chi connectivity index (χ1v) is 6.66. The molecule has 1 amide bonds. The van der Waals surface area contributed by atoms with Crippen LogP contribution in [-0.2, 0) is 4.79 Å². The van der Waals surface area contributed by atoms with Gasteiger partial charge in [-0.1, -0.05) is 0 Å². The Morgan fingerprint density at radius 1 is 1.25 bits per heavy atom. The van der Waals surface area contributed by atoms with Crippen LogP contribution < -0.4 is 5.32 Å². The number of hydrogen-bond donors (Lipinski definition) is 1. The van der Waals surface area contributed by atoms with Crippen molar-refractivity contribution in [1.82, 2.24) is 10.2 Å². The zero-order valence-electron chi connectivity index (χ0n) is 10.1. The Bertz CT molecular complexity index is 218. The minimum atomic E-state index is 0.381. The van der Waals surface area contributed by atoms with E-state index in [0.717, 1.165) is 57.8 Å². The summed E-state index contributed by atoms with van der Waals surface area (Å²) in [6, 6.07) is 0. The fourth-order valence-corrected chi connectivity index (χ4v) is 2.66. The summed E-state index contributed by atoms with van der Waals surface area (Å²) in [4.78, 5) is 14.0. The normalized spacial score (nSPS) is 23.4. The molecule has 2 aliphatic heterocycles. The lowest BCUT2D eigenvalue weighted by molar-refractivity contribution is -0.132. The molecule has 0 unspecified atom stereocenters. The fourth-order valence-electron chi connectivity index (χ4n) is 2.66. The number of amides is 1. The quantitative estimate of drug-likeness (QED) is 0.788. The molecule has 2 rings (SSSR count). The lowest BCUT2D eigenvalue weighted by Gasteiger charge is -2.28. The van der Waals surface area contributed by atoms with E-state index >= 15 is 0 Å². The molecule has 1 radical (unpaired) electrons. The number of likely N-dealkylation sites (tertiary alicyclic amines) is 1. The second-order valence-electron chi connectivity index (χ2n) is 4.98. The molecule has 0 aromatic carbocycles. The molecule has 0 aromatic rings. The summed E-state index contributed by atoms with van der Waals surface area (Å²) in [6.07, 6.45) is 8.82. The Morgan fingerprint density at radius 2 is 1.94 bits per heavy atom. The number of nitrogens with one attached hydrogen (secondary N) is 1. The van der Waals surface area contributed by atoms with Crippen LogP contribution in [0.1, 0.15) is 38.5 Å². The second kappa shape index (κ2) is 6.24. The molecule has 0 aromatic heterocycles. The van der Waals surface area contributed by atoms with Crippen LogP contribution in [0.3, 0.4) is 0 Å². The van der Waals surface area contributed by atoms with Crippen molar-refractivity contribution in [3.8, 4) is 0 Å². The predicted octanol–water partition coefficient (Wildman–Crippen LogP) is 1.59. The SMILES string of the molecule is O=C(CCC1CCNCC1)N1CC[CH]CC1. The Labute approximate surface area is 98.6 Å². The van der Waals surface area contributed by atoms with Gasteiger partial charge in [0.25, 0.3) is 0 Å². The molecule has 91 valence electrons. The fraction of sp³-hybridized carbons (Fsp3) is 0.846. The summed E-state index contributed by atoms with van der Waals surface area (Å²) in [6.45, 7) is 4.17. The van der Waals surface area contributed by atoms with Crippen LogP contribution in [0.15, 0.2) is 0 Å². The Kier molecular flexibility index (Phi) is 4.64. The molecule has 0 spiro atoms. The van der Waals surface area contributed by atoms with Gasteiger partial charge in [-0.2, -0.15) is 0 Å². The van der Waals surface area contributed by atoms with Crippen molar-refractivity contribution in [1.29, 1.82) is 0 Å². The van der Waals surface area contributed by atoms with Crippen LogP contribution >= 0.6 is 0 Å². The molecule has 0 saturated carbocycles. The molecule has 2 saturated heterocycles. The van der Waals surface area contributed by atoms with Gasteiger partial charge in [0.15, 0.2) is 0 Å². The molecule has 2 aliphatic rings. The maximum Gasteiger partial charge on any atom is 0.222 e. The highest BCUT2D eigenvalue weighted by molar-refractivity contribution is 5.76. The van der Waals surface area contributed by atoms with Gasteiger partial charge in [-0.15, -0.1) is 0 Å². The minimum absolute atomic E-state index is 0.381. The van der Waals surface area contributed by atoms with Gasteiger partial charge in [-0.25, -0.2) is 0 Å². The largest absolute Gasteiger partial charge is 0.343 e. The van der Waals surface area contributed by atoms with Gasteiger partial charge in [0.2, 0.25) is 5.91 Å². The Hall–Kier alpha value is -0.570. The summed E-state index contributed by atoms with van der Waals surface area (Å²) < 4.78 is 0. The Balaban J connectivity index is 1.65. The van der Waals surface area contributed by atoms with E-state index < -0.39 is 0 Å². The van der Waals surface area contributed by atoms with Gasteiger partial charge in [-0.05, 0) is 57.5 Å². The summed E-state index contributed by atoms with van der Waals surface area (Å²) in [7, 11) is 0. The van der Waals surface area contributed by atoms with E-state index in [1.807, 2.05) is 4.90 Å². The first-order valence-electron chi connectivity index (χ1n) is 6.66. The van der Waals surface area contributed by atoms with Crippen LogP contribution in [0.4, 0.5) is 0 Å². The van der Waals surface area contributed by atoms with E-state index in [1.165, 1.54) is 12.8 Å². The topological polar surface area (TPSA) is 32.3 Å². The molecule has 1 N–H and O–H groups in total. The van der Waals surface area contributed by atoms with Crippen molar-refractivity contribution >= 4 is 5.91 Å². The van der Waals surface area contributed by atoms with Crippen molar-refractivity contribution in [2.45, 2.75) is 38.5 Å². The van der Waals surface area contributed by atoms with Crippen LogP contribution in [0.5, 0.6) is 0 Å². The van der Waals surface area contributed by atoms with Gasteiger partial charge >= 0.3 is 0 Å². The predicted molar refractivity (Wildman–Crippen MR) is 64.9 cm³/mol. The maximum atomic E-state index is 11.9. The van der Waals surface area contributed by atoms with Crippen LogP contribution in [-0.4, -0.2) is 37.0 Å². The third kappa shape index (κ3) is 3.48. The van der Waals surface area contributed by atoms with Crippen molar-refractivity contribution < 1.29 is 4.79 Å². The van der Waals surface area contributed by atoms with E-state index in [4.69, 9.17) is 0 Å². The summed E-state index contributed by atoms with van der Waals surface area (Å²) in [5.41, 5.74) is 0. The number of carbonyl (C=O) groups is 1. The van der Waals surface area contributed by atoms with Gasteiger partial charge in [-0.3, -0.25) is 4.79 Å². The highest BCUT2D eigenvalue weighted by Crippen LogP contribution is 2.19. The molecular weight excluding hydrogens is 200 g/mol. The maximum absolute atomic E-state index is 11.9. The van der Waals surface area contributed by atoms with Crippen LogP contribution in [0.2, 0.25) is 0 Å². The highest BCUT2D eigenvalue weighted by atomic mass is 16.2. The lowest BCUT2D eigenvalue weighted by Crippen LogP contribution is -2.36. The summed E-state index contributed by atoms with van der Waals surface area (Å²) in [5.74, 6) is 1.16. The molecule has 0 aliphatic carbocycles.